The van der Waals surface area contributed by atoms with Crippen LogP contribution in [0.3, 0.4) is 0 Å². The van der Waals surface area contributed by atoms with Gasteiger partial charge in [-0.05, 0) is 24.1 Å². The fraction of sp³-hybridized carbons (Fsp3) is 0.375. The second-order valence-corrected chi connectivity index (χ2v) is 6.02. The fourth-order valence-corrected chi connectivity index (χ4v) is 2.81. The minimum Gasteiger partial charge on any atom is -0.371 e. The van der Waals surface area contributed by atoms with Crippen LogP contribution in [0.4, 0.5) is 4.79 Å². The normalized spacial score (nSPS) is 20.4. The lowest BCUT2D eigenvalue weighted by Crippen LogP contribution is -2.43. The van der Waals surface area contributed by atoms with Gasteiger partial charge in [0.15, 0.2) is 0 Å². The lowest BCUT2D eigenvalue weighted by molar-refractivity contribution is 0.0999. The minimum atomic E-state index is -0.205. The summed E-state index contributed by atoms with van der Waals surface area (Å²) < 4.78 is 7.46. The number of carbonyl (C=O) groups is 1. The van der Waals surface area contributed by atoms with Crippen LogP contribution in [0.15, 0.2) is 36.7 Å². The number of carbonyl (C=O) groups excluding carboxylic acids is 1. The van der Waals surface area contributed by atoms with Gasteiger partial charge in [0.05, 0.1) is 12.2 Å². The van der Waals surface area contributed by atoms with E-state index in [2.05, 4.69) is 15.7 Å². The first-order chi connectivity index (χ1) is 11.1. The highest BCUT2D eigenvalue weighted by molar-refractivity contribution is 6.30. The Morgan fingerprint density at radius 1 is 1.43 bits per heavy atom. The molecule has 1 aromatic heterocycles. The quantitative estimate of drug-likeness (QED) is 0.902. The maximum Gasteiger partial charge on any atom is 0.315 e. The molecule has 0 spiro atoms. The summed E-state index contributed by atoms with van der Waals surface area (Å²) in [6, 6.07) is 7.27. The SMILES string of the molecule is Cn1cc(CNC(=O)N[C@H]2CCO[C@@H]2c2ccc(Cl)cc2)cn1. The van der Waals surface area contributed by atoms with Crippen LogP contribution in [0.5, 0.6) is 0 Å². The standard InChI is InChI=1S/C16H19ClN4O2/c1-21-10-11(9-19-21)8-18-16(22)20-14-6-7-23-15(14)12-2-4-13(17)5-3-12/h2-5,9-10,14-15H,6-8H2,1H3,(H2,18,20,22)/t14-,15+/m0/s1. The topological polar surface area (TPSA) is 68.2 Å². The number of hydrogen-bond acceptors (Lipinski definition) is 3. The zero-order valence-electron chi connectivity index (χ0n) is 12.8. The van der Waals surface area contributed by atoms with E-state index in [0.29, 0.717) is 18.2 Å². The number of rotatable bonds is 4. The molecule has 0 bridgehead atoms. The monoisotopic (exact) mass is 334 g/mol. The highest BCUT2D eigenvalue weighted by atomic mass is 35.5. The van der Waals surface area contributed by atoms with Crippen LogP contribution in [0.1, 0.15) is 23.7 Å². The predicted molar refractivity (Wildman–Crippen MR) is 87.1 cm³/mol. The van der Waals surface area contributed by atoms with Gasteiger partial charge in [0.2, 0.25) is 0 Å². The van der Waals surface area contributed by atoms with E-state index < -0.39 is 0 Å². The van der Waals surface area contributed by atoms with Crippen molar-refractivity contribution in [2.75, 3.05) is 6.61 Å². The van der Waals surface area contributed by atoms with E-state index in [9.17, 15) is 4.79 Å². The van der Waals surface area contributed by atoms with Gasteiger partial charge in [-0.3, -0.25) is 4.68 Å². The molecule has 122 valence electrons. The Morgan fingerprint density at radius 2 is 2.22 bits per heavy atom. The molecule has 0 saturated carbocycles. The van der Waals surface area contributed by atoms with Gasteiger partial charge in [-0.25, -0.2) is 4.79 Å². The average Bonchev–Trinajstić information content (AvgIpc) is 3.15. The van der Waals surface area contributed by atoms with E-state index in [-0.39, 0.29) is 18.2 Å². The van der Waals surface area contributed by atoms with Crippen molar-refractivity contribution in [1.82, 2.24) is 20.4 Å². The molecule has 0 aliphatic carbocycles. The molecule has 3 rings (SSSR count). The number of aromatic nitrogens is 2. The summed E-state index contributed by atoms with van der Waals surface area (Å²) in [7, 11) is 1.84. The first kappa shape index (κ1) is 15.8. The molecule has 6 nitrogen and oxygen atoms in total. The van der Waals surface area contributed by atoms with Crippen LogP contribution in [0.2, 0.25) is 5.02 Å². The maximum absolute atomic E-state index is 12.1. The predicted octanol–water partition coefficient (Wildman–Crippen LogP) is 2.40. The zero-order valence-corrected chi connectivity index (χ0v) is 13.6. The Balaban J connectivity index is 1.55. The molecule has 1 fully saturated rings. The summed E-state index contributed by atoms with van der Waals surface area (Å²) in [4.78, 5) is 12.1. The number of ether oxygens (including phenoxy) is 1. The van der Waals surface area contributed by atoms with Crippen molar-refractivity contribution < 1.29 is 9.53 Å². The van der Waals surface area contributed by atoms with Gasteiger partial charge in [0, 0.05) is 37.0 Å². The van der Waals surface area contributed by atoms with Crippen LogP contribution in [-0.4, -0.2) is 28.5 Å². The lowest BCUT2D eigenvalue weighted by Gasteiger charge is -2.20. The zero-order chi connectivity index (χ0) is 16.2. The van der Waals surface area contributed by atoms with Crippen molar-refractivity contribution in [1.29, 1.82) is 0 Å². The Kier molecular flexibility index (Phi) is 4.83. The number of amides is 2. The molecule has 2 N–H and O–H groups in total. The highest BCUT2D eigenvalue weighted by Gasteiger charge is 2.30. The summed E-state index contributed by atoms with van der Waals surface area (Å²) >= 11 is 5.91. The Hall–Kier alpha value is -2.05. The second kappa shape index (κ2) is 7.02. The van der Waals surface area contributed by atoms with Crippen molar-refractivity contribution >= 4 is 17.6 Å². The first-order valence-corrected chi connectivity index (χ1v) is 7.88. The number of nitrogens with zero attached hydrogens (tertiary/aromatic N) is 2. The molecule has 1 aliphatic rings. The number of urea groups is 1. The molecule has 2 amide bonds. The van der Waals surface area contributed by atoms with E-state index in [1.165, 1.54) is 0 Å². The summed E-state index contributed by atoms with van der Waals surface area (Å²) in [5.74, 6) is 0. The summed E-state index contributed by atoms with van der Waals surface area (Å²) in [6.07, 6.45) is 4.25. The minimum absolute atomic E-state index is 0.0509. The third-order valence-corrected chi connectivity index (χ3v) is 4.07. The van der Waals surface area contributed by atoms with Gasteiger partial charge in [-0.1, -0.05) is 23.7 Å². The van der Waals surface area contributed by atoms with Gasteiger partial charge >= 0.3 is 6.03 Å². The number of aryl methyl sites for hydroxylation is 1. The van der Waals surface area contributed by atoms with Crippen molar-refractivity contribution in [3.8, 4) is 0 Å². The molecule has 23 heavy (non-hydrogen) atoms. The van der Waals surface area contributed by atoms with E-state index in [0.717, 1.165) is 17.5 Å². The highest BCUT2D eigenvalue weighted by Crippen LogP contribution is 2.29. The first-order valence-electron chi connectivity index (χ1n) is 7.51. The number of hydrogen-bond donors (Lipinski definition) is 2. The molecular weight excluding hydrogens is 316 g/mol. The van der Waals surface area contributed by atoms with Crippen molar-refractivity contribution in [2.24, 2.45) is 7.05 Å². The largest absolute Gasteiger partial charge is 0.371 e. The molecule has 2 heterocycles. The van der Waals surface area contributed by atoms with Crippen molar-refractivity contribution in [3.05, 3.63) is 52.8 Å². The van der Waals surface area contributed by atoms with Crippen LogP contribution >= 0.6 is 11.6 Å². The smallest absolute Gasteiger partial charge is 0.315 e. The van der Waals surface area contributed by atoms with Gasteiger partial charge in [-0.2, -0.15) is 5.10 Å². The third kappa shape index (κ3) is 4.03. The Bertz CT molecular complexity index is 671. The molecule has 0 radical (unpaired) electrons. The molecule has 7 heteroatoms. The van der Waals surface area contributed by atoms with Crippen LogP contribution < -0.4 is 10.6 Å². The molecule has 2 aromatic rings. The van der Waals surface area contributed by atoms with Crippen molar-refractivity contribution in [2.45, 2.75) is 25.1 Å². The van der Waals surface area contributed by atoms with E-state index in [1.807, 2.05) is 37.5 Å². The van der Waals surface area contributed by atoms with Gasteiger partial charge < -0.3 is 15.4 Å². The van der Waals surface area contributed by atoms with E-state index in [1.54, 1.807) is 10.9 Å². The number of halogens is 1. The molecule has 1 aliphatic heterocycles. The molecule has 1 saturated heterocycles. The van der Waals surface area contributed by atoms with Crippen LogP contribution in [0.25, 0.3) is 0 Å². The second-order valence-electron chi connectivity index (χ2n) is 5.59. The lowest BCUT2D eigenvalue weighted by atomic mass is 10.0. The summed E-state index contributed by atoms with van der Waals surface area (Å²) in [5.41, 5.74) is 1.98. The molecular formula is C16H19ClN4O2. The molecule has 0 unspecified atom stereocenters. The number of nitrogens with one attached hydrogen (secondary N) is 2. The van der Waals surface area contributed by atoms with Crippen LogP contribution in [-0.2, 0) is 18.3 Å². The van der Waals surface area contributed by atoms with Crippen LogP contribution in [0, 0.1) is 0 Å². The molecule has 1 aromatic carbocycles. The van der Waals surface area contributed by atoms with Gasteiger partial charge in [-0.15, -0.1) is 0 Å². The Labute approximate surface area is 139 Å². The van der Waals surface area contributed by atoms with Gasteiger partial charge in [0.1, 0.15) is 6.10 Å². The maximum atomic E-state index is 12.1. The molecule has 2 atom stereocenters. The van der Waals surface area contributed by atoms with E-state index in [4.69, 9.17) is 16.3 Å². The summed E-state index contributed by atoms with van der Waals surface area (Å²) in [6.45, 7) is 1.07. The summed E-state index contributed by atoms with van der Waals surface area (Å²) in [5, 5.41) is 10.6. The number of benzene rings is 1. The average molecular weight is 335 g/mol. The fourth-order valence-electron chi connectivity index (χ4n) is 2.68. The van der Waals surface area contributed by atoms with Gasteiger partial charge in [0.25, 0.3) is 0 Å². The van der Waals surface area contributed by atoms with E-state index >= 15 is 0 Å². The van der Waals surface area contributed by atoms with Crippen molar-refractivity contribution in [3.63, 3.8) is 0 Å². The Morgan fingerprint density at radius 3 is 2.91 bits per heavy atom. The third-order valence-electron chi connectivity index (χ3n) is 3.82.